The Morgan fingerprint density at radius 3 is 2.55 bits per heavy atom. The Bertz CT molecular complexity index is 984. The second kappa shape index (κ2) is 6.76. The van der Waals surface area contributed by atoms with Crippen LogP contribution in [0.5, 0.6) is 28.7 Å². The smallest absolute Gasteiger partial charge is 0.310 e. The maximum Gasteiger partial charge on any atom is 0.310 e. The third-order valence-corrected chi connectivity index (χ3v) is 6.11. The van der Waals surface area contributed by atoms with Crippen LogP contribution < -0.4 is 23.7 Å². The van der Waals surface area contributed by atoms with Crippen LogP contribution in [0.4, 0.5) is 0 Å². The van der Waals surface area contributed by atoms with Gasteiger partial charge in [0.05, 0.1) is 33.9 Å². The highest BCUT2D eigenvalue weighted by Gasteiger charge is 2.49. The fraction of sp³-hybridized carbons (Fsp3) is 0.409. The van der Waals surface area contributed by atoms with Gasteiger partial charge in [0.1, 0.15) is 0 Å². The van der Waals surface area contributed by atoms with Crippen LogP contribution in [0.15, 0.2) is 24.3 Å². The zero-order chi connectivity index (χ0) is 20.1. The molecule has 0 unspecified atom stereocenters. The van der Waals surface area contributed by atoms with Crippen LogP contribution in [-0.4, -0.2) is 40.7 Å². The maximum absolute atomic E-state index is 12.7. The molecule has 1 saturated heterocycles. The Balaban J connectivity index is 1.73. The van der Waals surface area contributed by atoms with Crippen molar-refractivity contribution in [1.82, 2.24) is 0 Å². The first-order valence-electron chi connectivity index (χ1n) is 9.54. The van der Waals surface area contributed by atoms with Crippen molar-refractivity contribution in [3.8, 4) is 28.7 Å². The molecule has 7 nitrogen and oxygen atoms in total. The summed E-state index contributed by atoms with van der Waals surface area (Å²) in [6, 6.07) is 7.74. The molecule has 2 heterocycles. The summed E-state index contributed by atoms with van der Waals surface area (Å²) in [5, 5.41) is 0. The van der Waals surface area contributed by atoms with Gasteiger partial charge in [0.15, 0.2) is 23.0 Å². The molecule has 0 N–H and O–H groups in total. The van der Waals surface area contributed by atoms with Gasteiger partial charge in [-0.15, -0.1) is 0 Å². The van der Waals surface area contributed by atoms with Crippen molar-refractivity contribution in [2.75, 3.05) is 34.7 Å². The van der Waals surface area contributed by atoms with E-state index in [9.17, 15) is 4.79 Å². The molecule has 3 aliphatic rings. The molecule has 5 rings (SSSR count). The number of cyclic esters (lactones) is 1. The lowest BCUT2D eigenvalue weighted by molar-refractivity contribution is -0.141. The van der Waals surface area contributed by atoms with Crippen molar-refractivity contribution in [1.29, 1.82) is 0 Å². The van der Waals surface area contributed by atoms with Gasteiger partial charge in [-0.25, -0.2) is 0 Å². The monoisotopic (exact) mass is 398 g/mol. The highest BCUT2D eigenvalue weighted by molar-refractivity contribution is 5.79. The lowest BCUT2D eigenvalue weighted by Gasteiger charge is -2.34. The SMILES string of the molecule is COc1ccc([C@@H]2c3cc4c(c(OC)c3C[C@H]3COC(=O)[C@H]32)OCO4)cc1OC. The molecule has 0 bridgehead atoms. The van der Waals surface area contributed by atoms with Crippen molar-refractivity contribution in [2.24, 2.45) is 11.8 Å². The van der Waals surface area contributed by atoms with E-state index in [0.717, 1.165) is 16.7 Å². The molecule has 1 aliphatic carbocycles. The molecule has 7 heteroatoms. The number of fused-ring (bicyclic) bond motifs is 3. The van der Waals surface area contributed by atoms with Crippen molar-refractivity contribution in [2.45, 2.75) is 12.3 Å². The van der Waals surface area contributed by atoms with Gasteiger partial charge < -0.3 is 28.4 Å². The minimum atomic E-state index is -0.273. The molecule has 2 aliphatic heterocycles. The van der Waals surface area contributed by atoms with Crippen molar-refractivity contribution >= 4 is 5.97 Å². The molecule has 0 saturated carbocycles. The molecule has 3 atom stereocenters. The minimum Gasteiger partial charge on any atom is -0.493 e. The number of esters is 1. The number of carbonyl (C=O) groups excluding carboxylic acids is 1. The fourth-order valence-corrected chi connectivity index (χ4v) is 4.84. The van der Waals surface area contributed by atoms with E-state index in [0.29, 0.717) is 41.8 Å². The first-order chi connectivity index (χ1) is 14.2. The Morgan fingerprint density at radius 2 is 1.79 bits per heavy atom. The second-order valence-electron chi connectivity index (χ2n) is 7.42. The van der Waals surface area contributed by atoms with Crippen LogP contribution in [0.25, 0.3) is 0 Å². The zero-order valence-electron chi connectivity index (χ0n) is 16.5. The maximum atomic E-state index is 12.7. The molecule has 0 aromatic heterocycles. The second-order valence-corrected chi connectivity index (χ2v) is 7.42. The zero-order valence-corrected chi connectivity index (χ0v) is 16.5. The van der Waals surface area contributed by atoms with Crippen LogP contribution in [0.2, 0.25) is 0 Å². The van der Waals surface area contributed by atoms with Gasteiger partial charge in [0.25, 0.3) is 0 Å². The van der Waals surface area contributed by atoms with Crippen LogP contribution in [-0.2, 0) is 16.0 Å². The van der Waals surface area contributed by atoms with Gasteiger partial charge in [-0.2, -0.15) is 0 Å². The predicted molar refractivity (Wildman–Crippen MR) is 102 cm³/mol. The molecule has 0 spiro atoms. The first-order valence-corrected chi connectivity index (χ1v) is 9.54. The normalized spacial score (nSPS) is 23.8. The lowest BCUT2D eigenvalue weighted by Crippen LogP contribution is -2.31. The van der Waals surface area contributed by atoms with Crippen molar-refractivity contribution < 1.29 is 33.2 Å². The highest BCUT2D eigenvalue weighted by atomic mass is 16.7. The first kappa shape index (κ1) is 18.0. The molecule has 2 aromatic rings. The molecule has 0 radical (unpaired) electrons. The third kappa shape index (κ3) is 2.60. The van der Waals surface area contributed by atoms with Gasteiger partial charge in [-0.05, 0) is 35.7 Å². The Hall–Kier alpha value is -3.09. The topological polar surface area (TPSA) is 72.5 Å². The number of rotatable bonds is 4. The summed E-state index contributed by atoms with van der Waals surface area (Å²) >= 11 is 0. The van der Waals surface area contributed by atoms with Gasteiger partial charge >= 0.3 is 5.97 Å². The average Bonchev–Trinajstić information content (AvgIpc) is 3.36. The van der Waals surface area contributed by atoms with Gasteiger partial charge in [-0.1, -0.05) is 6.07 Å². The summed E-state index contributed by atoms with van der Waals surface area (Å²) < 4.78 is 33.4. The van der Waals surface area contributed by atoms with Crippen LogP contribution in [0.1, 0.15) is 22.6 Å². The van der Waals surface area contributed by atoms with Crippen molar-refractivity contribution in [3.05, 3.63) is 41.0 Å². The van der Waals surface area contributed by atoms with E-state index >= 15 is 0 Å². The summed E-state index contributed by atoms with van der Waals surface area (Å²) in [5.74, 6) is 2.62. The number of hydrogen-bond donors (Lipinski definition) is 0. The van der Waals surface area contributed by atoms with Gasteiger partial charge in [0, 0.05) is 17.4 Å². The van der Waals surface area contributed by atoms with Gasteiger partial charge in [0.2, 0.25) is 12.5 Å². The Morgan fingerprint density at radius 1 is 0.966 bits per heavy atom. The van der Waals surface area contributed by atoms with E-state index in [1.165, 1.54) is 0 Å². The molecule has 1 fully saturated rings. The number of benzene rings is 2. The molecule has 152 valence electrons. The largest absolute Gasteiger partial charge is 0.493 e. The van der Waals surface area contributed by atoms with Crippen molar-refractivity contribution in [3.63, 3.8) is 0 Å². The van der Waals surface area contributed by atoms with E-state index < -0.39 is 0 Å². The predicted octanol–water partition coefficient (Wildman–Crippen LogP) is 2.92. The number of hydrogen-bond acceptors (Lipinski definition) is 7. The van der Waals surface area contributed by atoms with Crippen LogP contribution in [0, 0.1) is 11.8 Å². The van der Waals surface area contributed by atoms with E-state index in [1.807, 2.05) is 24.3 Å². The number of ether oxygens (including phenoxy) is 6. The van der Waals surface area contributed by atoms with Gasteiger partial charge in [-0.3, -0.25) is 4.79 Å². The van der Waals surface area contributed by atoms with E-state index in [2.05, 4.69) is 0 Å². The molecule has 2 aromatic carbocycles. The summed E-state index contributed by atoms with van der Waals surface area (Å²) in [5.41, 5.74) is 2.99. The standard InChI is InChI=1S/C22H22O7/c1-24-15-5-4-11(7-16(15)25-2)18-13-8-17-21(29-10-28-17)20(26-3)14(13)6-12-9-27-22(23)19(12)18/h4-5,7-8,12,18-19H,6,9-10H2,1-3H3/t12-,18+,19+/m0/s1. The average molecular weight is 398 g/mol. The minimum absolute atomic E-state index is 0.0716. The van der Waals surface area contributed by atoms with E-state index in [1.54, 1.807) is 21.3 Å². The van der Waals surface area contributed by atoms with E-state index in [4.69, 9.17) is 28.4 Å². The Kier molecular flexibility index (Phi) is 4.19. The van der Waals surface area contributed by atoms with Crippen LogP contribution >= 0.6 is 0 Å². The number of methoxy groups -OCH3 is 3. The lowest BCUT2D eigenvalue weighted by atomic mass is 9.67. The molecular weight excluding hydrogens is 376 g/mol. The molecule has 29 heavy (non-hydrogen) atoms. The molecular formula is C22H22O7. The summed E-state index contributed by atoms with van der Waals surface area (Å²) in [6.07, 6.45) is 0.690. The Labute approximate surface area is 168 Å². The van der Waals surface area contributed by atoms with E-state index in [-0.39, 0.29) is 30.5 Å². The van der Waals surface area contributed by atoms with Crippen LogP contribution in [0.3, 0.4) is 0 Å². The third-order valence-electron chi connectivity index (χ3n) is 6.11. The quantitative estimate of drug-likeness (QED) is 0.733. The summed E-state index contributed by atoms with van der Waals surface area (Å²) in [6.45, 7) is 0.564. The molecule has 0 amide bonds. The highest BCUT2D eigenvalue weighted by Crippen LogP contribution is 2.55. The fourth-order valence-electron chi connectivity index (χ4n) is 4.84. The summed E-state index contributed by atoms with van der Waals surface area (Å²) in [4.78, 5) is 12.7. The number of carbonyl (C=O) groups is 1. The summed E-state index contributed by atoms with van der Waals surface area (Å²) in [7, 11) is 4.83.